The van der Waals surface area contributed by atoms with E-state index in [1.807, 2.05) is 73.7 Å². The van der Waals surface area contributed by atoms with E-state index in [4.69, 9.17) is 21.1 Å². The quantitative estimate of drug-likeness (QED) is 0.223. The lowest BCUT2D eigenvalue weighted by atomic mass is 10.0. The lowest BCUT2D eigenvalue weighted by molar-refractivity contribution is 0.269. The first-order valence-corrected chi connectivity index (χ1v) is 11.2. The van der Waals surface area contributed by atoms with Gasteiger partial charge >= 0.3 is 0 Å². The van der Waals surface area contributed by atoms with Crippen LogP contribution in [0.5, 0.6) is 11.5 Å². The number of hydrogen-bond donors (Lipinski definition) is 0. The minimum atomic E-state index is 0.323. The smallest absolute Gasteiger partial charge is 0.162 e. The molecule has 0 heterocycles. The van der Waals surface area contributed by atoms with Crippen LogP contribution in [0.15, 0.2) is 69.6 Å². The highest BCUT2D eigenvalue weighted by Crippen LogP contribution is 2.36. The Morgan fingerprint density at radius 3 is 2.40 bits per heavy atom. The maximum absolute atomic E-state index is 9.65. The number of nitrogens with zero attached hydrogens (tertiary/aromatic N) is 1. The standard InChI is InChI=1S/C24H18Br2ClNO2/c1-2-29-23-12-18(11-19(14-28)16-7-9-20(25)10-8-16)21(26)13-24(23)30-15-17-5-3-4-6-22(17)27/h3-13H,2,15H2,1H3/b19-11+. The van der Waals surface area contributed by atoms with Gasteiger partial charge in [0.2, 0.25) is 0 Å². The molecule has 3 aromatic carbocycles. The van der Waals surface area contributed by atoms with Gasteiger partial charge in [-0.05, 0) is 54.5 Å². The molecule has 0 spiro atoms. The van der Waals surface area contributed by atoms with Crippen molar-refractivity contribution in [1.29, 1.82) is 5.26 Å². The fourth-order valence-electron chi connectivity index (χ4n) is 2.78. The summed E-state index contributed by atoms with van der Waals surface area (Å²) in [6.45, 7) is 2.73. The Kier molecular flexibility index (Phi) is 7.98. The Labute approximate surface area is 198 Å². The van der Waals surface area contributed by atoms with Gasteiger partial charge in [0.25, 0.3) is 0 Å². The Bertz CT molecular complexity index is 1110. The van der Waals surface area contributed by atoms with Crippen molar-refractivity contribution in [3.8, 4) is 17.6 Å². The third-order valence-electron chi connectivity index (χ3n) is 4.28. The summed E-state index contributed by atoms with van der Waals surface area (Å²) in [5.74, 6) is 1.20. The molecular weight excluding hydrogens is 530 g/mol. The van der Waals surface area contributed by atoms with E-state index in [-0.39, 0.29) is 0 Å². The summed E-state index contributed by atoms with van der Waals surface area (Å²) in [4.78, 5) is 0. The molecule has 3 nitrogen and oxygen atoms in total. The second-order valence-corrected chi connectivity index (χ2v) is 8.49. The Morgan fingerprint density at radius 2 is 1.73 bits per heavy atom. The van der Waals surface area contributed by atoms with E-state index in [1.54, 1.807) is 0 Å². The number of benzene rings is 3. The van der Waals surface area contributed by atoms with Gasteiger partial charge in [0.15, 0.2) is 11.5 Å². The molecule has 0 bridgehead atoms. The highest BCUT2D eigenvalue weighted by molar-refractivity contribution is 9.10. The van der Waals surface area contributed by atoms with Gasteiger partial charge in [0.05, 0.1) is 18.2 Å². The van der Waals surface area contributed by atoms with Crippen LogP contribution in [0.3, 0.4) is 0 Å². The van der Waals surface area contributed by atoms with Crippen molar-refractivity contribution >= 4 is 55.1 Å². The van der Waals surface area contributed by atoms with Crippen LogP contribution < -0.4 is 9.47 Å². The minimum absolute atomic E-state index is 0.323. The second kappa shape index (κ2) is 10.7. The van der Waals surface area contributed by atoms with Gasteiger partial charge in [-0.1, -0.05) is 73.8 Å². The largest absolute Gasteiger partial charge is 0.490 e. The van der Waals surface area contributed by atoms with E-state index in [0.29, 0.717) is 35.3 Å². The second-order valence-electron chi connectivity index (χ2n) is 6.31. The van der Waals surface area contributed by atoms with Crippen LogP contribution in [0.4, 0.5) is 0 Å². The summed E-state index contributed by atoms with van der Waals surface area (Å²) < 4.78 is 13.5. The number of halogens is 3. The van der Waals surface area contributed by atoms with Crippen LogP contribution >= 0.6 is 43.5 Å². The van der Waals surface area contributed by atoms with Crippen molar-refractivity contribution in [2.24, 2.45) is 0 Å². The Hall–Kier alpha value is -2.26. The molecule has 152 valence electrons. The zero-order valence-corrected chi connectivity index (χ0v) is 20.1. The first-order chi connectivity index (χ1) is 14.5. The molecule has 0 aliphatic heterocycles. The molecule has 30 heavy (non-hydrogen) atoms. The summed E-state index contributed by atoms with van der Waals surface area (Å²) >= 11 is 13.2. The molecule has 0 fully saturated rings. The van der Waals surface area contributed by atoms with Crippen molar-refractivity contribution in [3.05, 3.63) is 91.3 Å². The normalized spacial score (nSPS) is 11.1. The van der Waals surface area contributed by atoms with Gasteiger partial charge in [-0.15, -0.1) is 0 Å². The van der Waals surface area contributed by atoms with Crippen LogP contribution in [0.2, 0.25) is 5.02 Å². The molecule has 0 atom stereocenters. The molecule has 3 rings (SSSR count). The maximum Gasteiger partial charge on any atom is 0.162 e. The van der Waals surface area contributed by atoms with Crippen LogP contribution in [0, 0.1) is 11.3 Å². The number of rotatable bonds is 7. The molecule has 0 unspecified atom stereocenters. The molecule has 0 amide bonds. The number of nitriles is 1. The topological polar surface area (TPSA) is 42.2 Å². The lowest BCUT2D eigenvalue weighted by Gasteiger charge is -2.15. The zero-order chi connectivity index (χ0) is 21.5. The molecule has 0 N–H and O–H groups in total. The highest BCUT2D eigenvalue weighted by atomic mass is 79.9. The third-order valence-corrected chi connectivity index (χ3v) is 5.86. The monoisotopic (exact) mass is 545 g/mol. The average molecular weight is 548 g/mol. The minimum Gasteiger partial charge on any atom is -0.490 e. The van der Waals surface area contributed by atoms with Crippen molar-refractivity contribution in [2.75, 3.05) is 6.61 Å². The number of ether oxygens (including phenoxy) is 2. The third kappa shape index (κ3) is 5.66. The van der Waals surface area contributed by atoms with Gasteiger partial charge in [-0.25, -0.2) is 0 Å². The number of hydrogen-bond acceptors (Lipinski definition) is 3. The van der Waals surface area contributed by atoms with Gasteiger partial charge in [0, 0.05) is 19.5 Å². The molecule has 0 radical (unpaired) electrons. The molecule has 0 saturated carbocycles. The van der Waals surface area contributed by atoms with Crippen molar-refractivity contribution in [3.63, 3.8) is 0 Å². The average Bonchev–Trinajstić information content (AvgIpc) is 2.74. The summed E-state index contributed by atoms with van der Waals surface area (Å²) in [5.41, 5.74) is 3.10. The van der Waals surface area contributed by atoms with Crippen molar-refractivity contribution in [1.82, 2.24) is 0 Å². The molecule has 3 aromatic rings. The first kappa shape index (κ1) is 22.4. The summed E-state index contributed by atoms with van der Waals surface area (Å²) in [7, 11) is 0. The van der Waals surface area contributed by atoms with Crippen molar-refractivity contribution in [2.45, 2.75) is 13.5 Å². The summed E-state index contributed by atoms with van der Waals surface area (Å²) in [6, 6.07) is 21.2. The van der Waals surface area contributed by atoms with Gasteiger partial charge < -0.3 is 9.47 Å². The van der Waals surface area contributed by atoms with Gasteiger partial charge in [-0.2, -0.15) is 5.26 Å². The fraction of sp³-hybridized carbons (Fsp3) is 0.125. The lowest BCUT2D eigenvalue weighted by Crippen LogP contribution is -2.01. The van der Waals surface area contributed by atoms with Crippen LogP contribution in [-0.2, 0) is 6.61 Å². The van der Waals surface area contributed by atoms with E-state index in [1.165, 1.54) is 0 Å². The molecular formula is C24H18Br2ClNO2. The predicted molar refractivity (Wildman–Crippen MR) is 129 cm³/mol. The summed E-state index contributed by atoms with van der Waals surface area (Å²) in [5, 5.41) is 10.3. The zero-order valence-electron chi connectivity index (χ0n) is 16.2. The molecule has 0 aliphatic carbocycles. The molecule has 6 heteroatoms. The van der Waals surface area contributed by atoms with E-state index in [2.05, 4.69) is 37.9 Å². The summed E-state index contributed by atoms with van der Waals surface area (Å²) in [6.07, 6.45) is 1.83. The SMILES string of the molecule is CCOc1cc(/C=C(\C#N)c2ccc(Br)cc2)c(Br)cc1OCc1ccccc1Cl. The van der Waals surface area contributed by atoms with E-state index >= 15 is 0 Å². The highest BCUT2D eigenvalue weighted by Gasteiger charge is 2.12. The maximum atomic E-state index is 9.65. The van der Waals surface area contributed by atoms with E-state index in [9.17, 15) is 5.26 Å². The van der Waals surface area contributed by atoms with Crippen LogP contribution in [0.25, 0.3) is 11.6 Å². The number of allylic oxidation sites excluding steroid dienone is 1. The Balaban J connectivity index is 1.93. The van der Waals surface area contributed by atoms with E-state index < -0.39 is 0 Å². The Morgan fingerprint density at radius 1 is 1.03 bits per heavy atom. The molecule has 0 saturated heterocycles. The fourth-order valence-corrected chi connectivity index (χ4v) is 3.67. The van der Waals surface area contributed by atoms with Crippen LogP contribution in [0.1, 0.15) is 23.6 Å². The van der Waals surface area contributed by atoms with Gasteiger partial charge in [-0.3, -0.25) is 0 Å². The first-order valence-electron chi connectivity index (χ1n) is 9.22. The van der Waals surface area contributed by atoms with E-state index in [0.717, 1.165) is 25.6 Å². The van der Waals surface area contributed by atoms with Crippen LogP contribution in [-0.4, -0.2) is 6.61 Å². The molecule has 0 aromatic heterocycles. The predicted octanol–water partition coefficient (Wildman–Crippen LogP) is 7.91. The molecule has 0 aliphatic rings. The van der Waals surface area contributed by atoms with Crippen molar-refractivity contribution < 1.29 is 9.47 Å². The van der Waals surface area contributed by atoms with Gasteiger partial charge in [0.1, 0.15) is 6.61 Å².